The van der Waals surface area contributed by atoms with Crippen molar-refractivity contribution in [1.29, 1.82) is 0 Å². The van der Waals surface area contributed by atoms with Gasteiger partial charge < -0.3 is 15.6 Å². The minimum absolute atomic E-state index is 0.0952. The van der Waals surface area contributed by atoms with E-state index in [0.717, 1.165) is 27.2 Å². The van der Waals surface area contributed by atoms with Crippen molar-refractivity contribution in [2.75, 3.05) is 10.6 Å². The summed E-state index contributed by atoms with van der Waals surface area (Å²) in [7, 11) is 0. The summed E-state index contributed by atoms with van der Waals surface area (Å²) in [5.74, 6) is 1.23. The Balaban J connectivity index is 1.64. The van der Waals surface area contributed by atoms with Crippen LogP contribution in [0.15, 0.2) is 64.8 Å². The summed E-state index contributed by atoms with van der Waals surface area (Å²) in [6.07, 6.45) is 1.76. The number of carbonyl (C=O) groups excluding carboxylic acids is 1. The Morgan fingerprint density at radius 2 is 1.86 bits per heavy atom. The molecule has 1 amide bonds. The number of H-pyrrole nitrogens is 1. The molecule has 140 valence electrons. The molecule has 0 spiro atoms. The van der Waals surface area contributed by atoms with Gasteiger partial charge in [0.1, 0.15) is 5.82 Å². The number of hydrogen-bond donors (Lipinski definition) is 3. The number of imidazole rings is 1. The van der Waals surface area contributed by atoms with Crippen molar-refractivity contribution in [2.24, 2.45) is 0 Å². The Morgan fingerprint density at radius 3 is 2.57 bits per heavy atom. The summed E-state index contributed by atoms with van der Waals surface area (Å²) in [5.41, 5.74) is 2.57. The molecule has 0 aliphatic rings. The summed E-state index contributed by atoms with van der Waals surface area (Å²) < 4.78 is 0. The lowest BCUT2D eigenvalue weighted by Gasteiger charge is -2.09. The first kappa shape index (κ1) is 18.0. The molecule has 4 aromatic rings. The lowest BCUT2D eigenvalue weighted by atomic mass is 10.2. The van der Waals surface area contributed by atoms with Gasteiger partial charge in [-0.25, -0.2) is 15.0 Å². The van der Waals surface area contributed by atoms with Crippen LogP contribution in [0.2, 0.25) is 0 Å². The van der Waals surface area contributed by atoms with E-state index in [1.165, 1.54) is 18.7 Å². The number of benzene rings is 2. The number of anilines is 3. The average Bonchev–Trinajstić information content (AvgIpc) is 3.08. The maximum absolute atomic E-state index is 11.2. The predicted octanol–water partition coefficient (Wildman–Crippen LogP) is 4.51. The molecule has 0 bridgehead atoms. The van der Waals surface area contributed by atoms with Crippen molar-refractivity contribution >= 4 is 46.0 Å². The number of hydrogen-bond acceptors (Lipinski definition) is 6. The first-order valence-electron chi connectivity index (χ1n) is 8.68. The van der Waals surface area contributed by atoms with Gasteiger partial charge in [0.2, 0.25) is 11.9 Å². The zero-order chi connectivity index (χ0) is 19.5. The number of para-hydroxylation sites is 1. The first-order valence-corrected chi connectivity index (χ1v) is 9.49. The maximum atomic E-state index is 11.2. The maximum Gasteiger partial charge on any atom is 0.221 e. The van der Waals surface area contributed by atoms with Crippen LogP contribution < -0.4 is 10.6 Å². The molecule has 2 aromatic carbocycles. The van der Waals surface area contributed by atoms with Crippen LogP contribution in [0.3, 0.4) is 0 Å². The molecule has 0 radical (unpaired) electrons. The highest BCUT2D eigenvalue weighted by Crippen LogP contribution is 2.30. The van der Waals surface area contributed by atoms with Gasteiger partial charge in [-0.05, 0) is 55.1 Å². The van der Waals surface area contributed by atoms with Crippen molar-refractivity contribution < 1.29 is 4.79 Å². The normalized spacial score (nSPS) is 10.8. The third kappa shape index (κ3) is 4.12. The molecule has 2 heterocycles. The van der Waals surface area contributed by atoms with E-state index in [-0.39, 0.29) is 5.91 Å². The zero-order valence-electron chi connectivity index (χ0n) is 15.4. The summed E-state index contributed by atoms with van der Waals surface area (Å²) >= 11 is 1.45. The highest BCUT2D eigenvalue weighted by molar-refractivity contribution is 7.99. The van der Waals surface area contributed by atoms with Crippen molar-refractivity contribution in [3.8, 4) is 0 Å². The van der Waals surface area contributed by atoms with Gasteiger partial charge in [-0.15, -0.1) is 0 Å². The van der Waals surface area contributed by atoms with Gasteiger partial charge in [0.05, 0.1) is 5.52 Å². The highest BCUT2D eigenvalue weighted by Gasteiger charge is 2.10. The van der Waals surface area contributed by atoms with Crippen LogP contribution in [0.4, 0.5) is 17.5 Å². The van der Waals surface area contributed by atoms with Crippen LogP contribution in [0.25, 0.3) is 10.9 Å². The molecule has 0 atom stereocenters. The molecule has 0 aliphatic carbocycles. The van der Waals surface area contributed by atoms with Crippen molar-refractivity contribution in [3.05, 3.63) is 60.4 Å². The molecule has 4 rings (SSSR count). The molecule has 0 fully saturated rings. The fraction of sp³-hybridized carbons (Fsp3) is 0.100. The minimum atomic E-state index is -0.0952. The third-order valence-corrected chi connectivity index (χ3v) is 4.78. The van der Waals surface area contributed by atoms with Crippen molar-refractivity contribution in [2.45, 2.75) is 23.9 Å². The molecule has 0 saturated carbocycles. The first-order chi connectivity index (χ1) is 13.6. The number of aromatic amines is 1. The zero-order valence-corrected chi connectivity index (χ0v) is 16.2. The number of fused-ring (bicyclic) bond motifs is 1. The molecular weight excluding hydrogens is 372 g/mol. The molecule has 8 heteroatoms. The number of amides is 1. The average molecular weight is 390 g/mol. The fourth-order valence-corrected chi connectivity index (χ4v) is 3.46. The van der Waals surface area contributed by atoms with Crippen LogP contribution in [0.1, 0.15) is 12.6 Å². The van der Waals surface area contributed by atoms with Gasteiger partial charge >= 0.3 is 0 Å². The quantitative estimate of drug-likeness (QED) is 0.434. The number of nitrogens with zero attached hydrogens (tertiary/aromatic N) is 3. The largest absolute Gasteiger partial charge is 0.328 e. The molecule has 2 aromatic heterocycles. The monoisotopic (exact) mass is 390 g/mol. The molecular formula is C20H18N6OS. The van der Waals surface area contributed by atoms with E-state index in [1.807, 2.05) is 55.5 Å². The number of rotatable bonds is 5. The topological polar surface area (TPSA) is 95.6 Å². The SMILES string of the molecule is CC(=O)Nc1ccc(Sc2nc(Nc3ncc(C)[nH]3)c3ccccc3n2)cc1. The van der Waals surface area contributed by atoms with Crippen LogP contribution in [0, 0.1) is 6.92 Å². The molecule has 0 aliphatic heterocycles. The van der Waals surface area contributed by atoms with Gasteiger partial charge in [0.25, 0.3) is 0 Å². The van der Waals surface area contributed by atoms with E-state index in [0.29, 0.717) is 16.9 Å². The van der Waals surface area contributed by atoms with E-state index in [4.69, 9.17) is 0 Å². The van der Waals surface area contributed by atoms with Crippen LogP contribution >= 0.6 is 11.8 Å². The summed E-state index contributed by atoms with van der Waals surface area (Å²) in [6, 6.07) is 15.4. The van der Waals surface area contributed by atoms with Crippen LogP contribution in [-0.2, 0) is 4.79 Å². The third-order valence-electron chi connectivity index (χ3n) is 3.91. The second-order valence-electron chi connectivity index (χ2n) is 6.22. The van der Waals surface area contributed by atoms with Crippen LogP contribution in [0.5, 0.6) is 0 Å². The van der Waals surface area contributed by atoms with Crippen molar-refractivity contribution in [3.63, 3.8) is 0 Å². The van der Waals surface area contributed by atoms with E-state index in [9.17, 15) is 4.79 Å². The van der Waals surface area contributed by atoms with E-state index in [2.05, 4.69) is 30.6 Å². The molecule has 3 N–H and O–H groups in total. The van der Waals surface area contributed by atoms with Gasteiger partial charge in [-0.1, -0.05) is 12.1 Å². The van der Waals surface area contributed by atoms with Gasteiger partial charge in [0, 0.05) is 34.8 Å². The van der Waals surface area contributed by atoms with Gasteiger partial charge in [-0.3, -0.25) is 4.79 Å². The standard InChI is InChI=1S/C20H18N6OS/c1-12-11-21-19(22-12)25-18-16-5-3-4-6-17(16)24-20(26-18)28-15-9-7-14(8-10-15)23-13(2)27/h3-11H,1-2H3,(H,23,27)(H2,21,22,24,25,26). The lowest BCUT2D eigenvalue weighted by molar-refractivity contribution is -0.114. The van der Waals surface area contributed by atoms with E-state index in [1.54, 1.807) is 6.20 Å². The van der Waals surface area contributed by atoms with E-state index >= 15 is 0 Å². The molecule has 7 nitrogen and oxygen atoms in total. The fourth-order valence-electron chi connectivity index (χ4n) is 2.70. The smallest absolute Gasteiger partial charge is 0.221 e. The summed E-state index contributed by atoms with van der Waals surface area (Å²) in [6.45, 7) is 3.43. The minimum Gasteiger partial charge on any atom is -0.328 e. The van der Waals surface area contributed by atoms with Gasteiger partial charge in [-0.2, -0.15) is 0 Å². The lowest BCUT2D eigenvalue weighted by Crippen LogP contribution is -2.05. The second kappa shape index (κ2) is 7.69. The molecule has 0 saturated heterocycles. The number of nitrogens with one attached hydrogen (secondary N) is 3. The Kier molecular flexibility index (Phi) is 4.94. The number of aryl methyl sites for hydroxylation is 1. The number of carbonyl (C=O) groups is 1. The summed E-state index contributed by atoms with van der Waals surface area (Å²) in [4.78, 5) is 28.9. The highest BCUT2D eigenvalue weighted by atomic mass is 32.2. The van der Waals surface area contributed by atoms with Crippen molar-refractivity contribution in [1.82, 2.24) is 19.9 Å². The Morgan fingerprint density at radius 1 is 1.07 bits per heavy atom. The summed E-state index contributed by atoms with van der Waals surface area (Å²) in [5, 5.41) is 7.55. The Bertz CT molecular complexity index is 1140. The number of aromatic nitrogens is 4. The molecule has 0 unspecified atom stereocenters. The van der Waals surface area contributed by atoms with Gasteiger partial charge in [0.15, 0.2) is 5.16 Å². The molecule has 28 heavy (non-hydrogen) atoms. The van der Waals surface area contributed by atoms with Crippen LogP contribution in [-0.4, -0.2) is 25.8 Å². The Labute approximate surface area is 166 Å². The predicted molar refractivity (Wildman–Crippen MR) is 111 cm³/mol. The van der Waals surface area contributed by atoms with E-state index < -0.39 is 0 Å². The Hall–Kier alpha value is -3.39. The second-order valence-corrected chi connectivity index (χ2v) is 7.26.